The molecule has 25 heavy (non-hydrogen) atoms. The standard InChI is InChI=1S/C24H16O/c1-2-9-17(10-3-1)18-14-8-15-22-20-12-5-4-11-19(20)21-13-6-7-16-23(21)25-24(18)22/h1-16H. The minimum absolute atomic E-state index is 0.900. The highest BCUT2D eigenvalue weighted by atomic mass is 16.5. The van der Waals surface area contributed by atoms with Crippen LogP contribution in [-0.4, -0.2) is 0 Å². The number of benzene rings is 4. The molecule has 5 rings (SSSR count). The van der Waals surface area contributed by atoms with Gasteiger partial charge in [0.05, 0.1) is 0 Å². The second-order valence-electron chi connectivity index (χ2n) is 6.19. The number of hydrogen-bond donors (Lipinski definition) is 0. The van der Waals surface area contributed by atoms with E-state index >= 15 is 0 Å². The van der Waals surface area contributed by atoms with E-state index in [0.717, 1.165) is 33.8 Å². The number of fused-ring (bicyclic) bond motifs is 5. The van der Waals surface area contributed by atoms with E-state index in [9.17, 15) is 0 Å². The highest BCUT2D eigenvalue weighted by molar-refractivity contribution is 5.93. The van der Waals surface area contributed by atoms with Gasteiger partial charge in [-0.2, -0.15) is 0 Å². The summed E-state index contributed by atoms with van der Waals surface area (Å²) in [6.45, 7) is 0. The van der Waals surface area contributed by atoms with Crippen LogP contribution in [0.2, 0.25) is 0 Å². The number of rotatable bonds is 1. The van der Waals surface area contributed by atoms with Crippen molar-refractivity contribution in [1.82, 2.24) is 0 Å². The first-order valence-electron chi connectivity index (χ1n) is 8.47. The normalized spacial score (nSPS) is 11.5. The Morgan fingerprint density at radius 3 is 1.76 bits per heavy atom. The van der Waals surface area contributed by atoms with Crippen molar-refractivity contribution >= 4 is 0 Å². The average Bonchev–Trinajstić information content (AvgIpc) is 2.83. The fraction of sp³-hybridized carbons (Fsp3) is 0. The molecule has 0 unspecified atom stereocenters. The zero-order valence-corrected chi connectivity index (χ0v) is 13.6. The number of ether oxygens (including phenoxy) is 1. The van der Waals surface area contributed by atoms with E-state index in [1.807, 2.05) is 18.2 Å². The third-order valence-corrected chi connectivity index (χ3v) is 4.71. The van der Waals surface area contributed by atoms with Crippen LogP contribution in [-0.2, 0) is 0 Å². The van der Waals surface area contributed by atoms with Crippen LogP contribution in [0.4, 0.5) is 0 Å². The lowest BCUT2D eigenvalue weighted by Gasteiger charge is -2.14. The highest BCUT2D eigenvalue weighted by Gasteiger charge is 2.22. The van der Waals surface area contributed by atoms with Gasteiger partial charge in [0.25, 0.3) is 0 Å². The first kappa shape index (κ1) is 14.1. The van der Waals surface area contributed by atoms with Crippen molar-refractivity contribution < 1.29 is 4.74 Å². The van der Waals surface area contributed by atoms with Crippen LogP contribution in [0, 0.1) is 0 Å². The molecule has 1 aliphatic rings. The molecule has 1 nitrogen and oxygen atoms in total. The maximum Gasteiger partial charge on any atom is 0.143 e. The molecule has 0 aliphatic carbocycles. The molecule has 0 atom stereocenters. The van der Waals surface area contributed by atoms with E-state index < -0.39 is 0 Å². The van der Waals surface area contributed by atoms with Crippen molar-refractivity contribution in [2.45, 2.75) is 0 Å². The maximum absolute atomic E-state index is 6.47. The monoisotopic (exact) mass is 320 g/mol. The van der Waals surface area contributed by atoms with E-state index in [1.165, 1.54) is 11.1 Å². The lowest BCUT2D eigenvalue weighted by molar-refractivity contribution is 0.489. The quantitative estimate of drug-likeness (QED) is 0.330. The van der Waals surface area contributed by atoms with E-state index in [2.05, 4.69) is 78.9 Å². The molecule has 0 N–H and O–H groups in total. The Labute approximate surface area is 147 Å². The van der Waals surface area contributed by atoms with Crippen LogP contribution in [0.15, 0.2) is 97.1 Å². The van der Waals surface area contributed by atoms with Crippen molar-refractivity contribution in [3.8, 4) is 44.9 Å². The van der Waals surface area contributed by atoms with Gasteiger partial charge in [-0.05, 0) is 22.8 Å². The molecular formula is C24H16O. The summed E-state index contributed by atoms with van der Waals surface area (Å²) in [6, 6.07) is 33.6. The zero-order chi connectivity index (χ0) is 16.6. The minimum atomic E-state index is 0.900. The molecule has 0 fully saturated rings. The van der Waals surface area contributed by atoms with Crippen molar-refractivity contribution in [1.29, 1.82) is 0 Å². The van der Waals surface area contributed by atoms with Crippen LogP contribution in [0.1, 0.15) is 0 Å². The molecule has 1 aliphatic heterocycles. The van der Waals surface area contributed by atoms with Crippen molar-refractivity contribution in [3.63, 3.8) is 0 Å². The van der Waals surface area contributed by atoms with E-state index in [1.54, 1.807) is 0 Å². The van der Waals surface area contributed by atoms with Crippen LogP contribution < -0.4 is 4.74 Å². The predicted octanol–water partition coefficient (Wildman–Crippen LogP) is 6.79. The van der Waals surface area contributed by atoms with Crippen LogP contribution in [0.5, 0.6) is 11.5 Å². The molecule has 4 aromatic carbocycles. The van der Waals surface area contributed by atoms with E-state index in [-0.39, 0.29) is 0 Å². The minimum Gasteiger partial charge on any atom is -0.455 e. The Balaban J connectivity index is 1.86. The fourth-order valence-electron chi connectivity index (χ4n) is 3.55. The smallest absolute Gasteiger partial charge is 0.143 e. The molecule has 0 saturated heterocycles. The summed E-state index contributed by atoms with van der Waals surface area (Å²) >= 11 is 0. The Kier molecular flexibility index (Phi) is 3.17. The van der Waals surface area contributed by atoms with Crippen LogP contribution in [0.3, 0.4) is 0 Å². The van der Waals surface area contributed by atoms with Gasteiger partial charge in [-0.3, -0.25) is 0 Å². The predicted molar refractivity (Wildman–Crippen MR) is 103 cm³/mol. The van der Waals surface area contributed by atoms with Crippen molar-refractivity contribution in [2.75, 3.05) is 0 Å². The molecule has 0 spiro atoms. The Morgan fingerprint density at radius 1 is 0.400 bits per heavy atom. The molecule has 1 heteroatoms. The summed E-state index contributed by atoms with van der Waals surface area (Å²) in [5.41, 5.74) is 6.96. The second kappa shape index (κ2) is 5.64. The van der Waals surface area contributed by atoms with Gasteiger partial charge < -0.3 is 4.74 Å². The molecule has 0 amide bonds. The van der Waals surface area contributed by atoms with Crippen LogP contribution in [0.25, 0.3) is 33.4 Å². The molecule has 0 radical (unpaired) electrons. The van der Waals surface area contributed by atoms with Crippen LogP contribution >= 0.6 is 0 Å². The first-order valence-corrected chi connectivity index (χ1v) is 8.47. The summed E-state index contributed by atoms with van der Waals surface area (Å²) in [5, 5.41) is 0. The lowest BCUT2D eigenvalue weighted by atomic mass is 9.92. The summed E-state index contributed by atoms with van der Waals surface area (Å²) in [4.78, 5) is 0. The lowest BCUT2D eigenvalue weighted by Crippen LogP contribution is -1.90. The Hall–Kier alpha value is -3.32. The summed E-state index contributed by atoms with van der Waals surface area (Å²) in [6.07, 6.45) is 0. The van der Waals surface area contributed by atoms with Gasteiger partial charge in [0, 0.05) is 16.7 Å². The highest BCUT2D eigenvalue weighted by Crippen LogP contribution is 2.49. The van der Waals surface area contributed by atoms with Gasteiger partial charge in [0.1, 0.15) is 11.5 Å². The topological polar surface area (TPSA) is 9.23 Å². The average molecular weight is 320 g/mol. The van der Waals surface area contributed by atoms with E-state index in [4.69, 9.17) is 4.74 Å². The van der Waals surface area contributed by atoms with E-state index in [0.29, 0.717) is 0 Å². The molecule has 0 bridgehead atoms. The van der Waals surface area contributed by atoms with Gasteiger partial charge in [0.2, 0.25) is 0 Å². The third-order valence-electron chi connectivity index (χ3n) is 4.71. The fourth-order valence-corrected chi connectivity index (χ4v) is 3.55. The third kappa shape index (κ3) is 2.25. The van der Waals surface area contributed by atoms with Gasteiger partial charge in [-0.1, -0.05) is 91.0 Å². The Morgan fingerprint density at radius 2 is 0.960 bits per heavy atom. The van der Waals surface area contributed by atoms with Crippen molar-refractivity contribution in [2.24, 2.45) is 0 Å². The Bertz CT molecular complexity index is 1060. The number of para-hydroxylation sites is 2. The SMILES string of the molecule is c1ccc(-c2cccc3c2Oc2ccccc2-c2ccccc2-3)cc1. The molecule has 4 aromatic rings. The maximum atomic E-state index is 6.47. The van der Waals surface area contributed by atoms with Gasteiger partial charge in [-0.15, -0.1) is 0 Å². The second-order valence-corrected chi connectivity index (χ2v) is 6.19. The van der Waals surface area contributed by atoms with Gasteiger partial charge >= 0.3 is 0 Å². The largest absolute Gasteiger partial charge is 0.455 e. The van der Waals surface area contributed by atoms with Crippen molar-refractivity contribution in [3.05, 3.63) is 97.1 Å². The summed E-state index contributed by atoms with van der Waals surface area (Å²) < 4.78 is 6.47. The molecular weight excluding hydrogens is 304 g/mol. The summed E-state index contributed by atoms with van der Waals surface area (Å²) in [5.74, 6) is 1.82. The molecule has 1 heterocycles. The zero-order valence-electron chi connectivity index (χ0n) is 13.6. The number of hydrogen-bond acceptors (Lipinski definition) is 1. The summed E-state index contributed by atoms with van der Waals surface area (Å²) in [7, 11) is 0. The molecule has 118 valence electrons. The van der Waals surface area contributed by atoms with Gasteiger partial charge in [-0.25, -0.2) is 0 Å². The molecule has 0 aromatic heterocycles. The van der Waals surface area contributed by atoms with Gasteiger partial charge in [0.15, 0.2) is 0 Å². The first-order chi connectivity index (χ1) is 12.4. The molecule has 0 saturated carbocycles.